The molecule has 172 valence electrons. The Labute approximate surface area is 196 Å². The van der Waals surface area contributed by atoms with Crippen molar-refractivity contribution in [2.45, 2.75) is 12.8 Å². The number of carbonyl (C=O) groups is 1. The van der Waals surface area contributed by atoms with E-state index in [2.05, 4.69) is 10.4 Å². The molecule has 1 N–H and O–H groups in total. The second-order valence-electron chi connectivity index (χ2n) is 7.76. The first-order valence-corrected chi connectivity index (χ1v) is 11.0. The van der Waals surface area contributed by atoms with Crippen LogP contribution in [0.25, 0.3) is 5.69 Å². The van der Waals surface area contributed by atoms with Gasteiger partial charge in [-0.2, -0.15) is 4.68 Å². The average Bonchev–Trinajstić information content (AvgIpc) is 2.84. The largest absolute Gasteiger partial charge is 0.497 e. The summed E-state index contributed by atoms with van der Waals surface area (Å²) >= 11 is 6.08. The van der Waals surface area contributed by atoms with E-state index < -0.39 is 0 Å². The first-order chi connectivity index (χ1) is 16.0. The number of nitrogens with one attached hydrogen (secondary N) is 1. The van der Waals surface area contributed by atoms with Gasteiger partial charge in [0.1, 0.15) is 17.3 Å². The third-order valence-corrected chi connectivity index (χ3v) is 5.85. The van der Waals surface area contributed by atoms with Crippen molar-refractivity contribution < 1.29 is 14.3 Å². The molecule has 0 aliphatic carbocycles. The monoisotopic (exact) mass is 468 g/mol. The highest BCUT2D eigenvalue weighted by molar-refractivity contribution is 6.30. The van der Waals surface area contributed by atoms with Crippen LogP contribution in [0.1, 0.15) is 12.8 Å². The predicted octanol–water partition coefficient (Wildman–Crippen LogP) is 3.76. The molecular formula is C24H25ClN4O4. The Morgan fingerprint density at radius 3 is 2.73 bits per heavy atom. The molecule has 1 aromatic heterocycles. The fourth-order valence-corrected chi connectivity index (χ4v) is 4.09. The standard InChI is InChI=1S/C24H25ClN4O4/c1-32-19-8-9-21(33-2)20(14-19)26-24(31)16-5-4-12-28(15-16)22-10-11-23(30)29(27-22)18-7-3-6-17(25)13-18/h3,6-11,13-14,16H,4-5,12,15H2,1-2H3,(H,26,31)/t16-/m1/s1. The number of rotatable bonds is 6. The van der Waals surface area contributed by atoms with Crippen LogP contribution in [0.4, 0.5) is 11.5 Å². The number of methoxy groups -OCH3 is 2. The zero-order valence-electron chi connectivity index (χ0n) is 18.5. The van der Waals surface area contributed by atoms with Crippen LogP contribution >= 0.6 is 11.6 Å². The summed E-state index contributed by atoms with van der Waals surface area (Å²) in [6.45, 7) is 1.23. The number of benzene rings is 2. The molecule has 0 bridgehead atoms. The van der Waals surface area contributed by atoms with Crippen LogP contribution in [-0.4, -0.2) is 43.0 Å². The van der Waals surface area contributed by atoms with Gasteiger partial charge in [0.15, 0.2) is 0 Å². The van der Waals surface area contributed by atoms with Gasteiger partial charge in [-0.3, -0.25) is 9.59 Å². The molecule has 0 saturated carbocycles. The predicted molar refractivity (Wildman–Crippen MR) is 128 cm³/mol. The SMILES string of the molecule is COc1ccc(OC)c(NC(=O)[C@@H]2CCCN(c3ccc(=O)n(-c4cccc(Cl)c4)n3)C2)c1. The fraction of sp³-hybridized carbons (Fsp3) is 0.292. The molecule has 2 heterocycles. The summed E-state index contributed by atoms with van der Waals surface area (Å²) in [6, 6.07) is 15.4. The molecular weight excluding hydrogens is 444 g/mol. The highest BCUT2D eigenvalue weighted by atomic mass is 35.5. The summed E-state index contributed by atoms with van der Waals surface area (Å²) in [5.41, 5.74) is 0.898. The number of carbonyl (C=O) groups excluding carboxylic acids is 1. The summed E-state index contributed by atoms with van der Waals surface area (Å²) in [5.74, 6) is 1.47. The van der Waals surface area contributed by atoms with Gasteiger partial charge in [-0.1, -0.05) is 17.7 Å². The number of hydrogen-bond acceptors (Lipinski definition) is 6. The fourth-order valence-electron chi connectivity index (χ4n) is 3.91. The number of nitrogens with zero attached hydrogens (tertiary/aromatic N) is 3. The van der Waals surface area contributed by atoms with Gasteiger partial charge in [0, 0.05) is 30.2 Å². The Bertz CT molecular complexity index is 1210. The third kappa shape index (κ3) is 5.12. The van der Waals surface area contributed by atoms with Crippen molar-refractivity contribution in [3.63, 3.8) is 0 Å². The van der Waals surface area contributed by atoms with Gasteiger partial charge in [-0.25, -0.2) is 0 Å². The molecule has 0 spiro atoms. The van der Waals surface area contributed by atoms with Gasteiger partial charge in [0.25, 0.3) is 5.56 Å². The summed E-state index contributed by atoms with van der Waals surface area (Å²) in [5, 5.41) is 8.03. The Morgan fingerprint density at radius 1 is 1.12 bits per heavy atom. The molecule has 9 heteroatoms. The van der Waals surface area contributed by atoms with E-state index in [1.165, 1.54) is 10.7 Å². The lowest BCUT2D eigenvalue weighted by Crippen LogP contribution is -2.41. The van der Waals surface area contributed by atoms with Gasteiger partial charge in [0.2, 0.25) is 5.91 Å². The Kier molecular flexibility index (Phi) is 6.84. The van der Waals surface area contributed by atoms with Crippen molar-refractivity contribution in [1.82, 2.24) is 9.78 Å². The molecule has 1 fully saturated rings. The van der Waals surface area contributed by atoms with Gasteiger partial charge < -0.3 is 19.7 Å². The van der Waals surface area contributed by atoms with Crippen LogP contribution in [0.5, 0.6) is 11.5 Å². The summed E-state index contributed by atoms with van der Waals surface area (Å²) in [4.78, 5) is 27.5. The first kappa shape index (κ1) is 22.7. The summed E-state index contributed by atoms with van der Waals surface area (Å²) < 4.78 is 12.0. The van der Waals surface area contributed by atoms with E-state index in [4.69, 9.17) is 21.1 Å². The zero-order valence-corrected chi connectivity index (χ0v) is 19.2. The highest BCUT2D eigenvalue weighted by Gasteiger charge is 2.27. The van der Waals surface area contributed by atoms with Gasteiger partial charge in [0.05, 0.1) is 31.5 Å². The average molecular weight is 469 g/mol. The molecule has 8 nitrogen and oxygen atoms in total. The lowest BCUT2D eigenvalue weighted by atomic mass is 9.97. The van der Waals surface area contributed by atoms with Crippen LogP contribution in [0.3, 0.4) is 0 Å². The first-order valence-electron chi connectivity index (χ1n) is 10.6. The van der Waals surface area contributed by atoms with Crippen molar-refractivity contribution in [3.8, 4) is 17.2 Å². The molecule has 4 rings (SSSR count). The Hall–Kier alpha value is -3.52. The van der Waals surface area contributed by atoms with E-state index >= 15 is 0 Å². The minimum Gasteiger partial charge on any atom is -0.497 e. The molecule has 0 unspecified atom stereocenters. The lowest BCUT2D eigenvalue weighted by molar-refractivity contribution is -0.120. The van der Waals surface area contributed by atoms with Gasteiger partial charge in [-0.15, -0.1) is 5.10 Å². The lowest BCUT2D eigenvalue weighted by Gasteiger charge is -2.33. The normalized spacial score (nSPS) is 15.7. The molecule has 0 radical (unpaired) electrons. The third-order valence-electron chi connectivity index (χ3n) is 5.62. The number of piperidine rings is 1. The molecule has 1 atom stereocenters. The minimum atomic E-state index is -0.252. The van der Waals surface area contributed by atoms with E-state index in [9.17, 15) is 9.59 Å². The van der Waals surface area contributed by atoms with E-state index in [1.54, 1.807) is 62.8 Å². The van der Waals surface area contributed by atoms with Crippen molar-refractivity contribution in [1.29, 1.82) is 0 Å². The van der Waals surface area contributed by atoms with Crippen molar-refractivity contribution >= 4 is 29.0 Å². The van der Waals surface area contributed by atoms with Crippen LogP contribution in [-0.2, 0) is 4.79 Å². The smallest absolute Gasteiger partial charge is 0.271 e. The molecule has 33 heavy (non-hydrogen) atoms. The number of ether oxygens (including phenoxy) is 2. The van der Waals surface area contributed by atoms with E-state index in [0.29, 0.717) is 40.3 Å². The number of amides is 1. The van der Waals surface area contributed by atoms with E-state index in [1.807, 2.05) is 4.90 Å². The van der Waals surface area contributed by atoms with Crippen LogP contribution in [0.2, 0.25) is 5.02 Å². The summed E-state index contributed by atoms with van der Waals surface area (Å²) in [7, 11) is 3.13. The highest BCUT2D eigenvalue weighted by Crippen LogP contribution is 2.30. The second-order valence-corrected chi connectivity index (χ2v) is 8.20. The van der Waals surface area contributed by atoms with Gasteiger partial charge >= 0.3 is 0 Å². The maximum atomic E-state index is 13.1. The molecule has 1 aliphatic heterocycles. The number of halogens is 1. The maximum absolute atomic E-state index is 13.1. The van der Waals surface area contributed by atoms with Crippen LogP contribution in [0.15, 0.2) is 59.4 Å². The topological polar surface area (TPSA) is 85.7 Å². The Morgan fingerprint density at radius 2 is 1.97 bits per heavy atom. The molecule has 3 aromatic rings. The molecule has 1 aliphatic rings. The summed E-state index contributed by atoms with van der Waals surface area (Å²) in [6.07, 6.45) is 1.58. The van der Waals surface area contributed by atoms with Gasteiger partial charge in [-0.05, 0) is 49.2 Å². The van der Waals surface area contributed by atoms with Crippen molar-refractivity contribution in [3.05, 3.63) is 70.0 Å². The van der Waals surface area contributed by atoms with Crippen LogP contribution < -0.4 is 25.2 Å². The van der Waals surface area contributed by atoms with E-state index in [-0.39, 0.29) is 17.4 Å². The maximum Gasteiger partial charge on any atom is 0.271 e. The Balaban J connectivity index is 1.53. The number of anilines is 2. The van der Waals surface area contributed by atoms with Crippen LogP contribution in [0, 0.1) is 5.92 Å². The van der Waals surface area contributed by atoms with Crippen molar-refractivity contribution in [2.24, 2.45) is 5.92 Å². The second kappa shape index (κ2) is 9.95. The minimum absolute atomic E-state index is 0.102. The number of aromatic nitrogens is 2. The number of hydrogen-bond donors (Lipinski definition) is 1. The molecule has 1 amide bonds. The van der Waals surface area contributed by atoms with E-state index in [0.717, 1.165) is 19.4 Å². The molecule has 2 aromatic carbocycles. The molecule has 1 saturated heterocycles. The van der Waals surface area contributed by atoms with Crippen molar-refractivity contribution in [2.75, 3.05) is 37.5 Å². The quantitative estimate of drug-likeness (QED) is 0.593. The zero-order chi connectivity index (χ0) is 23.4.